The maximum absolute atomic E-state index is 11.7. The molecule has 1 heterocycles. The second-order valence-corrected chi connectivity index (χ2v) is 13.4. The molecule has 0 bridgehead atoms. The standard InChI is InChI=1S/C23H36OS2/c1-16(24)5-8-19-18-7-6-17-15-23(25-13-14-26-23)12-11-22(17,4)20(18)9-10-21(19,2)3/h15,18-20H,5-14H2,1-4H3/t18?,19?,20?,22-/m0/s1. The van der Waals surface area contributed by atoms with Crippen molar-refractivity contribution in [2.75, 3.05) is 11.5 Å². The Labute approximate surface area is 168 Å². The fraction of sp³-hybridized carbons (Fsp3) is 0.870. The number of Topliss-reactive ketones (excluding diaryl/α,β-unsaturated/α-hetero) is 1. The Morgan fingerprint density at radius 2 is 1.85 bits per heavy atom. The molecule has 26 heavy (non-hydrogen) atoms. The molecule has 0 aromatic rings. The number of thioether (sulfide) groups is 2. The van der Waals surface area contributed by atoms with Gasteiger partial charge in [0.2, 0.25) is 0 Å². The zero-order valence-electron chi connectivity index (χ0n) is 17.1. The molecular formula is C23H36OS2. The van der Waals surface area contributed by atoms with Gasteiger partial charge >= 0.3 is 0 Å². The number of allylic oxidation sites excluding steroid dienone is 1. The van der Waals surface area contributed by atoms with Crippen molar-refractivity contribution in [1.82, 2.24) is 0 Å². The minimum absolute atomic E-state index is 0.375. The van der Waals surface area contributed by atoms with Gasteiger partial charge in [0, 0.05) is 17.9 Å². The predicted molar refractivity (Wildman–Crippen MR) is 116 cm³/mol. The first-order valence-corrected chi connectivity index (χ1v) is 12.7. The van der Waals surface area contributed by atoms with Gasteiger partial charge in [0.25, 0.3) is 0 Å². The Hall–Kier alpha value is 0.110. The van der Waals surface area contributed by atoms with Crippen molar-refractivity contribution >= 4 is 29.3 Å². The van der Waals surface area contributed by atoms with Crippen LogP contribution in [0.25, 0.3) is 0 Å². The van der Waals surface area contributed by atoms with Gasteiger partial charge in [-0.15, -0.1) is 23.5 Å². The van der Waals surface area contributed by atoms with Crippen molar-refractivity contribution in [2.24, 2.45) is 28.6 Å². The largest absolute Gasteiger partial charge is 0.300 e. The maximum Gasteiger partial charge on any atom is 0.129 e. The van der Waals surface area contributed by atoms with E-state index in [2.05, 4.69) is 50.4 Å². The van der Waals surface area contributed by atoms with Crippen LogP contribution < -0.4 is 0 Å². The summed E-state index contributed by atoms with van der Waals surface area (Å²) in [5, 5.41) is 0. The minimum Gasteiger partial charge on any atom is -0.300 e. The Bertz CT molecular complexity index is 601. The number of hydrogen-bond acceptors (Lipinski definition) is 3. The quantitative estimate of drug-likeness (QED) is 0.496. The number of hydrogen-bond donors (Lipinski definition) is 0. The summed E-state index contributed by atoms with van der Waals surface area (Å²) in [7, 11) is 0. The van der Waals surface area contributed by atoms with E-state index in [1.807, 2.05) is 0 Å². The Morgan fingerprint density at radius 1 is 1.12 bits per heavy atom. The number of ketones is 1. The molecule has 1 saturated heterocycles. The number of carbonyl (C=O) groups is 1. The summed E-state index contributed by atoms with van der Waals surface area (Å²) in [6.45, 7) is 9.33. The average molecular weight is 393 g/mol. The second-order valence-electron chi connectivity index (χ2n) is 10.3. The van der Waals surface area contributed by atoms with Gasteiger partial charge < -0.3 is 4.79 Å². The molecule has 2 saturated carbocycles. The summed E-state index contributed by atoms with van der Waals surface area (Å²) < 4.78 is 0.420. The number of fused-ring (bicyclic) bond motifs is 3. The molecule has 3 heteroatoms. The first-order chi connectivity index (χ1) is 12.3. The monoisotopic (exact) mass is 392 g/mol. The van der Waals surface area contributed by atoms with Crippen LogP contribution >= 0.6 is 23.5 Å². The van der Waals surface area contributed by atoms with Gasteiger partial charge in [-0.25, -0.2) is 0 Å². The molecule has 0 N–H and O–H groups in total. The Morgan fingerprint density at radius 3 is 2.54 bits per heavy atom. The summed E-state index contributed by atoms with van der Waals surface area (Å²) in [5.41, 5.74) is 2.64. The van der Waals surface area contributed by atoms with E-state index in [4.69, 9.17) is 0 Å². The fourth-order valence-corrected chi connectivity index (χ4v) is 9.98. The SMILES string of the molecule is CC(=O)CCC1C2CCC3=CC4(CC[C@]3(C)C2CCC1(C)C)SCCS4. The lowest BCUT2D eigenvalue weighted by molar-refractivity contribution is -0.118. The maximum atomic E-state index is 11.7. The normalized spacial score (nSPS) is 40.6. The summed E-state index contributed by atoms with van der Waals surface area (Å²) in [5.74, 6) is 5.45. The molecule has 1 aliphatic heterocycles. The first-order valence-electron chi connectivity index (χ1n) is 10.8. The summed E-state index contributed by atoms with van der Waals surface area (Å²) in [4.78, 5) is 11.7. The van der Waals surface area contributed by atoms with Crippen LogP contribution in [-0.2, 0) is 4.79 Å². The Balaban J connectivity index is 1.60. The first kappa shape index (κ1) is 19.4. The molecule has 146 valence electrons. The van der Waals surface area contributed by atoms with E-state index in [1.165, 1.54) is 50.0 Å². The molecule has 4 rings (SSSR count). The molecule has 3 aliphatic carbocycles. The predicted octanol–water partition coefficient (Wildman–Crippen LogP) is 6.72. The van der Waals surface area contributed by atoms with E-state index in [0.29, 0.717) is 20.7 Å². The van der Waals surface area contributed by atoms with Gasteiger partial charge in [-0.2, -0.15) is 0 Å². The number of rotatable bonds is 3. The van der Waals surface area contributed by atoms with E-state index in [-0.39, 0.29) is 0 Å². The molecule has 1 nitrogen and oxygen atoms in total. The molecule has 3 fully saturated rings. The molecule has 0 amide bonds. The van der Waals surface area contributed by atoms with Crippen LogP contribution in [0.1, 0.15) is 79.1 Å². The van der Waals surface area contributed by atoms with Crippen molar-refractivity contribution in [2.45, 2.75) is 83.1 Å². The summed E-state index contributed by atoms with van der Waals surface area (Å²) >= 11 is 4.42. The third-order valence-corrected chi connectivity index (χ3v) is 11.8. The topological polar surface area (TPSA) is 17.1 Å². The van der Waals surface area contributed by atoms with E-state index in [0.717, 1.165) is 30.6 Å². The highest BCUT2D eigenvalue weighted by molar-refractivity contribution is 8.21. The van der Waals surface area contributed by atoms with Crippen molar-refractivity contribution in [3.8, 4) is 0 Å². The molecule has 1 spiro atoms. The van der Waals surface area contributed by atoms with Gasteiger partial charge in [0.05, 0.1) is 4.08 Å². The molecule has 0 aromatic heterocycles. The molecular weight excluding hydrogens is 356 g/mol. The lowest BCUT2D eigenvalue weighted by atomic mass is 9.47. The van der Waals surface area contributed by atoms with E-state index in [1.54, 1.807) is 12.5 Å². The molecule has 4 atom stereocenters. The van der Waals surface area contributed by atoms with Crippen LogP contribution in [0.3, 0.4) is 0 Å². The summed E-state index contributed by atoms with van der Waals surface area (Å²) in [6.07, 6.45) is 12.8. The van der Waals surface area contributed by atoms with Gasteiger partial charge in [-0.3, -0.25) is 0 Å². The Kier molecular flexibility index (Phi) is 5.13. The minimum atomic E-state index is 0.375. The highest BCUT2D eigenvalue weighted by atomic mass is 32.2. The van der Waals surface area contributed by atoms with E-state index in [9.17, 15) is 4.79 Å². The van der Waals surface area contributed by atoms with Crippen molar-refractivity contribution in [3.05, 3.63) is 11.6 Å². The molecule has 4 aliphatic rings. The van der Waals surface area contributed by atoms with E-state index < -0.39 is 0 Å². The lowest BCUT2D eigenvalue weighted by Crippen LogP contribution is -2.50. The highest BCUT2D eigenvalue weighted by Crippen LogP contribution is 2.65. The number of carbonyl (C=O) groups excluding carboxylic acids is 1. The van der Waals surface area contributed by atoms with Gasteiger partial charge in [-0.1, -0.05) is 32.4 Å². The smallest absolute Gasteiger partial charge is 0.129 e. The fourth-order valence-electron chi connectivity index (χ4n) is 6.84. The lowest BCUT2D eigenvalue weighted by Gasteiger charge is -2.59. The van der Waals surface area contributed by atoms with Crippen LogP contribution in [0.2, 0.25) is 0 Å². The van der Waals surface area contributed by atoms with Crippen molar-refractivity contribution in [1.29, 1.82) is 0 Å². The third kappa shape index (κ3) is 3.23. The van der Waals surface area contributed by atoms with Gasteiger partial charge in [0.1, 0.15) is 5.78 Å². The van der Waals surface area contributed by atoms with Gasteiger partial charge in [-0.05, 0) is 80.5 Å². The third-order valence-electron chi connectivity index (χ3n) is 8.41. The summed E-state index contributed by atoms with van der Waals surface area (Å²) in [6, 6.07) is 0. The highest BCUT2D eigenvalue weighted by Gasteiger charge is 2.55. The average Bonchev–Trinajstić information content (AvgIpc) is 3.02. The van der Waals surface area contributed by atoms with Crippen molar-refractivity contribution < 1.29 is 4.79 Å². The second kappa shape index (κ2) is 6.87. The van der Waals surface area contributed by atoms with Gasteiger partial charge in [0.15, 0.2) is 0 Å². The van der Waals surface area contributed by atoms with Crippen LogP contribution in [0.5, 0.6) is 0 Å². The molecule has 0 radical (unpaired) electrons. The zero-order valence-corrected chi connectivity index (χ0v) is 18.7. The van der Waals surface area contributed by atoms with Crippen LogP contribution in [0, 0.1) is 28.6 Å². The molecule has 3 unspecified atom stereocenters. The molecule has 0 aromatic carbocycles. The van der Waals surface area contributed by atoms with Crippen LogP contribution in [-0.4, -0.2) is 21.4 Å². The van der Waals surface area contributed by atoms with Crippen molar-refractivity contribution in [3.63, 3.8) is 0 Å². The van der Waals surface area contributed by atoms with Crippen LogP contribution in [0.15, 0.2) is 11.6 Å². The van der Waals surface area contributed by atoms with Crippen LogP contribution in [0.4, 0.5) is 0 Å². The zero-order chi connectivity index (χ0) is 18.6. The van der Waals surface area contributed by atoms with E-state index >= 15 is 0 Å².